The summed E-state index contributed by atoms with van der Waals surface area (Å²) in [6, 6.07) is 2.46. The highest BCUT2D eigenvalue weighted by atomic mass is 35.5. The molecule has 0 amide bonds. The summed E-state index contributed by atoms with van der Waals surface area (Å²) in [6.45, 7) is 0. The monoisotopic (exact) mass is 266 g/mol. The van der Waals surface area contributed by atoms with Crippen LogP contribution in [0.3, 0.4) is 0 Å². The van der Waals surface area contributed by atoms with Crippen molar-refractivity contribution in [2.24, 2.45) is 5.41 Å². The lowest BCUT2D eigenvalue weighted by molar-refractivity contribution is -0.0737. The van der Waals surface area contributed by atoms with E-state index in [9.17, 15) is 0 Å². The Bertz CT molecular complexity index is 432. The van der Waals surface area contributed by atoms with Gasteiger partial charge >= 0.3 is 0 Å². The van der Waals surface area contributed by atoms with Crippen molar-refractivity contribution < 1.29 is 4.74 Å². The molecule has 1 aromatic rings. The predicted molar refractivity (Wildman–Crippen MR) is 72.0 cm³/mol. The number of hydrogen-bond acceptors (Lipinski definition) is 3. The van der Waals surface area contributed by atoms with Crippen molar-refractivity contribution in [3.8, 4) is 5.75 Å². The molecule has 3 rings (SSSR count). The lowest BCUT2D eigenvalue weighted by atomic mass is 9.60. The van der Waals surface area contributed by atoms with E-state index in [1.165, 1.54) is 25.7 Å². The van der Waals surface area contributed by atoms with E-state index in [2.05, 4.69) is 17.3 Å². The van der Waals surface area contributed by atoms with Gasteiger partial charge < -0.3 is 10.1 Å². The van der Waals surface area contributed by atoms with E-state index in [0.29, 0.717) is 22.6 Å². The SMILES string of the molecule is CNC1CC(Oc2cncc(Cl)c2)C12CCCC2. The lowest BCUT2D eigenvalue weighted by Gasteiger charge is -2.53. The van der Waals surface area contributed by atoms with Gasteiger partial charge in [-0.2, -0.15) is 0 Å². The van der Waals surface area contributed by atoms with Crippen molar-refractivity contribution in [3.05, 3.63) is 23.5 Å². The van der Waals surface area contributed by atoms with Gasteiger partial charge in [-0.25, -0.2) is 0 Å². The number of nitrogens with zero attached hydrogens (tertiary/aromatic N) is 1. The van der Waals surface area contributed by atoms with Gasteiger partial charge in [0.1, 0.15) is 11.9 Å². The molecule has 0 radical (unpaired) electrons. The van der Waals surface area contributed by atoms with Crippen molar-refractivity contribution in [2.45, 2.75) is 44.2 Å². The van der Waals surface area contributed by atoms with E-state index >= 15 is 0 Å². The van der Waals surface area contributed by atoms with E-state index in [1.807, 2.05) is 6.07 Å². The Morgan fingerprint density at radius 2 is 2.17 bits per heavy atom. The van der Waals surface area contributed by atoms with Gasteiger partial charge in [0.25, 0.3) is 0 Å². The van der Waals surface area contributed by atoms with Crippen LogP contribution < -0.4 is 10.1 Å². The minimum absolute atomic E-state index is 0.317. The summed E-state index contributed by atoms with van der Waals surface area (Å²) in [5, 5.41) is 4.08. The van der Waals surface area contributed by atoms with Gasteiger partial charge in [-0.15, -0.1) is 0 Å². The van der Waals surface area contributed by atoms with Crippen molar-refractivity contribution in [3.63, 3.8) is 0 Å². The zero-order chi connectivity index (χ0) is 12.6. The first-order valence-electron chi connectivity index (χ1n) is 6.69. The molecule has 1 aromatic heterocycles. The molecule has 2 saturated carbocycles. The first-order valence-corrected chi connectivity index (χ1v) is 7.07. The van der Waals surface area contributed by atoms with Crippen LogP contribution in [0.4, 0.5) is 0 Å². The number of pyridine rings is 1. The predicted octanol–water partition coefficient (Wildman–Crippen LogP) is 3.03. The Hall–Kier alpha value is -0.800. The van der Waals surface area contributed by atoms with Crippen LogP contribution in [-0.2, 0) is 0 Å². The molecule has 1 spiro atoms. The molecular weight excluding hydrogens is 248 g/mol. The number of nitrogens with one attached hydrogen (secondary N) is 1. The van der Waals surface area contributed by atoms with Crippen LogP contribution in [0, 0.1) is 5.41 Å². The molecule has 2 atom stereocenters. The Morgan fingerprint density at radius 1 is 1.39 bits per heavy atom. The molecule has 0 aromatic carbocycles. The summed E-state index contributed by atoms with van der Waals surface area (Å²) < 4.78 is 6.11. The topological polar surface area (TPSA) is 34.1 Å². The largest absolute Gasteiger partial charge is 0.488 e. The number of hydrogen-bond donors (Lipinski definition) is 1. The lowest BCUT2D eigenvalue weighted by Crippen LogP contribution is -2.63. The number of rotatable bonds is 3. The standard InChI is InChI=1S/C14H19ClN2O/c1-16-12-7-13(14(12)4-2-3-5-14)18-11-6-10(15)8-17-9-11/h6,8-9,12-13,16H,2-5,7H2,1H3. The van der Waals surface area contributed by atoms with Crippen LogP contribution >= 0.6 is 11.6 Å². The number of halogens is 1. The minimum atomic E-state index is 0.317. The summed E-state index contributed by atoms with van der Waals surface area (Å²) in [5.74, 6) is 0.799. The Kier molecular flexibility index (Phi) is 3.20. The van der Waals surface area contributed by atoms with Gasteiger partial charge in [-0.05, 0) is 19.9 Å². The zero-order valence-electron chi connectivity index (χ0n) is 10.7. The van der Waals surface area contributed by atoms with Crippen LogP contribution in [0.15, 0.2) is 18.5 Å². The normalized spacial score (nSPS) is 29.2. The van der Waals surface area contributed by atoms with Gasteiger partial charge in [0.15, 0.2) is 0 Å². The van der Waals surface area contributed by atoms with Crippen molar-refractivity contribution in [1.29, 1.82) is 0 Å². The van der Waals surface area contributed by atoms with Crippen molar-refractivity contribution in [2.75, 3.05) is 7.05 Å². The van der Waals surface area contributed by atoms with E-state index in [1.54, 1.807) is 12.4 Å². The van der Waals surface area contributed by atoms with Crippen LogP contribution in [-0.4, -0.2) is 24.2 Å². The molecule has 18 heavy (non-hydrogen) atoms. The molecular formula is C14H19ClN2O. The van der Waals surface area contributed by atoms with Gasteiger partial charge in [0, 0.05) is 30.1 Å². The Labute approximate surface area is 113 Å². The quantitative estimate of drug-likeness (QED) is 0.913. The average molecular weight is 267 g/mol. The molecule has 2 aliphatic carbocycles. The van der Waals surface area contributed by atoms with Crippen molar-refractivity contribution >= 4 is 11.6 Å². The zero-order valence-corrected chi connectivity index (χ0v) is 11.4. The Morgan fingerprint density at radius 3 is 2.83 bits per heavy atom. The summed E-state index contributed by atoms with van der Waals surface area (Å²) in [5.41, 5.74) is 0.344. The van der Waals surface area contributed by atoms with Crippen molar-refractivity contribution in [1.82, 2.24) is 10.3 Å². The van der Waals surface area contributed by atoms with Crippen LogP contribution in [0.2, 0.25) is 5.02 Å². The molecule has 1 heterocycles. The average Bonchev–Trinajstić information content (AvgIpc) is 2.86. The molecule has 0 saturated heterocycles. The third-order valence-electron chi connectivity index (χ3n) is 4.63. The fraction of sp³-hybridized carbons (Fsp3) is 0.643. The van der Waals surface area contributed by atoms with E-state index in [4.69, 9.17) is 16.3 Å². The second-order valence-electron chi connectivity index (χ2n) is 5.46. The fourth-order valence-corrected chi connectivity index (χ4v) is 3.81. The van der Waals surface area contributed by atoms with E-state index in [-0.39, 0.29) is 0 Å². The molecule has 4 heteroatoms. The smallest absolute Gasteiger partial charge is 0.139 e. The van der Waals surface area contributed by atoms with Crippen LogP contribution in [0.5, 0.6) is 5.75 Å². The second kappa shape index (κ2) is 4.71. The first-order chi connectivity index (χ1) is 8.74. The maximum Gasteiger partial charge on any atom is 0.139 e. The Balaban J connectivity index is 1.74. The minimum Gasteiger partial charge on any atom is -0.488 e. The molecule has 1 N–H and O–H groups in total. The highest BCUT2D eigenvalue weighted by molar-refractivity contribution is 6.30. The maximum absolute atomic E-state index is 6.11. The van der Waals surface area contributed by atoms with Crippen LogP contribution in [0.25, 0.3) is 0 Å². The van der Waals surface area contributed by atoms with E-state index < -0.39 is 0 Å². The van der Waals surface area contributed by atoms with Gasteiger partial charge in [0.2, 0.25) is 0 Å². The summed E-state index contributed by atoms with van der Waals surface area (Å²) in [6.07, 6.45) is 9.99. The molecule has 3 nitrogen and oxygen atoms in total. The molecule has 2 aliphatic rings. The highest BCUT2D eigenvalue weighted by Crippen LogP contribution is 2.54. The van der Waals surface area contributed by atoms with Crippen LogP contribution in [0.1, 0.15) is 32.1 Å². The second-order valence-corrected chi connectivity index (χ2v) is 5.90. The molecule has 2 fully saturated rings. The van der Waals surface area contributed by atoms with E-state index in [0.717, 1.165) is 12.2 Å². The number of ether oxygens (including phenoxy) is 1. The number of aromatic nitrogens is 1. The first kappa shape index (κ1) is 12.2. The van der Waals surface area contributed by atoms with Gasteiger partial charge in [-0.1, -0.05) is 24.4 Å². The summed E-state index contributed by atoms with van der Waals surface area (Å²) in [7, 11) is 2.06. The molecule has 0 bridgehead atoms. The summed E-state index contributed by atoms with van der Waals surface area (Å²) in [4.78, 5) is 4.08. The summed E-state index contributed by atoms with van der Waals surface area (Å²) >= 11 is 5.94. The third-order valence-corrected chi connectivity index (χ3v) is 4.83. The molecule has 0 aliphatic heterocycles. The van der Waals surface area contributed by atoms with Gasteiger partial charge in [0.05, 0.1) is 11.2 Å². The molecule has 98 valence electrons. The molecule has 2 unspecified atom stereocenters. The maximum atomic E-state index is 6.11. The fourth-order valence-electron chi connectivity index (χ4n) is 3.64. The van der Waals surface area contributed by atoms with Gasteiger partial charge in [-0.3, -0.25) is 4.98 Å². The highest BCUT2D eigenvalue weighted by Gasteiger charge is 2.57. The third kappa shape index (κ3) is 1.90.